The summed E-state index contributed by atoms with van der Waals surface area (Å²) in [6.07, 6.45) is 3.28. The minimum Gasteiger partial charge on any atom is -0.381 e. The van der Waals surface area contributed by atoms with Gasteiger partial charge in [-0.25, -0.2) is 0 Å². The first-order valence-corrected chi connectivity index (χ1v) is 10.9. The summed E-state index contributed by atoms with van der Waals surface area (Å²) in [6, 6.07) is 10.6. The molecule has 7 nitrogen and oxygen atoms in total. The van der Waals surface area contributed by atoms with Crippen LogP contribution >= 0.6 is 0 Å². The van der Waals surface area contributed by atoms with Crippen molar-refractivity contribution in [3.63, 3.8) is 0 Å². The lowest BCUT2D eigenvalue weighted by Gasteiger charge is -2.22. The van der Waals surface area contributed by atoms with Crippen LogP contribution in [0.15, 0.2) is 35.3 Å². The second-order valence-electron chi connectivity index (χ2n) is 7.80. The molecule has 3 rings (SSSR count). The molecule has 0 saturated carbocycles. The normalized spacial score (nSPS) is 15.4. The van der Waals surface area contributed by atoms with Crippen LogP contribution in [-0.2, 0) is 29.2 Å². The van der Waals surface area contributed by atoms with Crippen molar-refractivity contribution in [2.75, 3.05) is 26.8 Å². The molecule has 2 heterocycles. The van der Waals surface area contributed by atoms with Gasteiger partial charge in [0.15, 0.2) is 5.96 Å². The van der Waals surface area contributed by atoms with Gasteiger partial charge in [0, 0.05) is 45.6 Å². The number of nitrogens with zero attached hydrogens (tertiary/aromatic N) is 3. The number of ether oxygens (including phenoxy) is 2. The Kier molecular flexibility index (Phi) is 8.71. The first kappa shape index (κ1) is 22.3. The summed E-state index contributed by atoms with van der Waals surface area (Å²) in [6.45, 7) is 8.86. The molecule has 2 aromatic rings. The minimum atomic E-state index is 0.318. The molecule has 0 radical (unpaired) electrons. The molecule has 30 heavy (non-hydrogen) atoms. The molecule has 0 aliphatic carbocycles. The lowest BCUT2D eigenvalue weighted by atomic mass is 10.1. The number of aliphatic imine (C=N–C) groups is 1. The molecule has 1 aromatic heterocycles. The van der Waals surface area contributed by atoms with Crippen LogP contribution in [0.2, 0.25) is 0 Å². The maximum absolute atomic E-state index is 6.04. The second kappa shape index (κ2) is 11.7. The van der Waals surface area contributed by atoms with Crippen molar-refractivity contribution in [1.82, 2.24) is 20.4 Å². The number of aryl methyl sites for hydroxylation is 3. The lowest BCUT2D eigenvalue weighted by Crippen LogP contribution is -2.37. The van der Waals surface area contributed by atoms with E-state index in [0.29, 0.717) is 12.7 Å². The minimum absolute atomic E-state index is 0.318. The summed E-state index contributed by atoms with van der Waals surface area (Å²) >= 11 is 0. The maximum atomic E-state index is 6.04. The first-order chi connectivity index (χ1) is 14.6. The van der Waals surface area contributed by atoms with Crippen molar-refractivity contribution >= 4 is 5.96 Å². The molecule has 164 valence electrons. The quantitative estimate of drug-likeness (QED) is 0.376. The molecule has 1 aromatic carbocycles. The third-order valence-corrected chi connectivity index (χ3v) is 5.27. The zero-order chi connectivity index (χ0) is 21.2. The molecule has 0 unspecified atom stereocenters. The first-order valence-electron chi connectivity index (χ1n) is 10.9. The van der Waals surface area contributed by atoms with E-state index >= 15 is 0 Å². The summed E-state index contributed by atoms with van der Waals surface area (Å²) in [4.78, 5) is 4.32. The lowest BCUT2D eigenvalue weighted by molar-refractivity contribution is -0.0390. The van der Waals surface area contributed by atoms with E-state index in [1.807, 2.05) is 6.92 Å². The molecule has 2 N–H and O–H groups in total. The zero-order valence-electron chi connectivity index (χ0n) is 18.5. The van der Waals surface area contributed by atoms with E-state index in [-0.39, 0.29) is 0 Å². The Balaban J connectivity index is 1.38. The molecular weight excluding hydrogens is 378 g/mol. The Morgan fingerprint density at radius 2 is 2.00 bits per heavy atom. The largest absolute Gasteiger partial charge is 0.381 e. The third kappa shape index (κ3) is 7.15. The van der Waals surface area contributed by atoms with Gasteiger partial charge in [0.1, 0.15) is 0 Å². The topological polar surface area (TPSA) is 72.7 Å². The summed E-state index contributed by atoms with van der Waals surface area (Å²) in [5.41, 5.74) is 4.69. The second-order valence-corrected chi connectivity index (χ2v) is 7.80. The van der Waals surface area contributed by atoms with Crippen LogP contribution < -0.4 is 10.6 Å². The van der Waals surface area contributed by atoms with Gasteiger partial charge >= 0.3 is 0 Å². The predicted molar refractivity (Wildman–Crippen MR) is 120 cm³/mol. The highest BCUT2D eigenvalue weighted by Crippen LogP contribution is 2.14. The van der Waals surface area contributed by atoms with E-state index in [9.17, 15) is 0 Å². The van der Waals surface area contributed by atoms with Crippen LogP contribution in [0.4, 0.5) is 0 Å². The van der Waals surface area contributed by atoms with E-state index in [1.165, 1.54) is 16.8 Å². The van der Waals surface area contributed by atoms with Crippen LogP contribution in [0, 0.1) is 13.8 Å². The highest BCUT2D eigenvalue weighted by molar-refractivity contribution is 5.79. The van der Waals surface area contributed by atoms with Crippen LogP contribution in [0.5, 0.6) is 0 Å². The van der Waals surface area contributed by atoms with Gasteiger partial charge in [-0.15, -0.1) is 0 Å². The number of hydrogen-bond donors (Lipinski definition) is 2. The Hall–Kier alpha value is -2.38. The molecule has 1 aliphatic heterocycles. The van der Waals surface area contributed by atoms with E-state index in [2.05, 4.69) is 62.7 Å². The average molecular weight is 414 g/mol. The van der Waals surface area contributed by atoms with Gasteiger partial charge in [-0.05, 0) is 50.3 Å². The molecule has 1 saturated heterocycles. The fourth-order valence-corrected chi connectivity index (χ4v) is 3.63. The van der Waals surface area contributed by atoms with E-state index in [0.717, 1.165) is 63.8 Å². The molecule has 0 bridgehead atoms. The van der Waals surface area contributed by atoms with Crippen LogP contribution in [0.25, 0.3) is 0 Å². The van der Waals surface area contributed by atoms with Gasteiger partial charge in [-0.3, -0.25) is 9.67 Å². The highest BCUT2D eigenvalue weighted by atomic mass is 16.5. The van der Waals surface area contributed by atoms with Crippen molar-refractivity contribution in [2.45, 2.75) is 58.9 Å². The van der Waals surface area contributed by atoms with Gasteiger partial charge in [0.2, 0.25) is 0 Å². The summed E-state index contributed by atoms with van der Waals surface area (Å²) < 4.78 is 13.5. The Morgan fingerprint density at radius 3 is 2.73 bits per heavy atom. The summed E-state index contributed by atoms with van der Waals surface area (Å²) in [7, 11) is 1.80. The van der Waals surface area contributed by atoms with Crippen molar-refractivity contribution in [2.24, 2.45) is 4.99 Å². The monoisotopic (exact) mass is 413 g/mol. The highest BCUT2D eigenvalue weighted by Gasteiger charge is 2.14. The summed E-state index contributed by atoms with van der Waals surface area (Å²) in [5, 5.41) is 11.3. The molecular formula is C23H35N5O2. The fourth-order valence-electron chi connectivity index (χ4n) is 3.63. The number of rotatable bonds is 9. The molecule has 1 aliphatic rings. The number of benzene rings is 1. The molecule has 1 fully saturated rings. The van der Waals surface area contributed by atoms with Crippen LogP contribution in [-0.4, -0.2) is 48.7 Å². The third-order valence-electron chi connectivity index (χ3n) is 5.27. The Labute approximate surface area is 179 Å². The van der Waals surface area contributed by atoms with Crippen molar-refractivity contribution in [3.05, 3.63) is 52.8 Å². The molecule has 7 heteroatoms. The van der Waals surface area contributed by atoms with Gasteiger partial charge < -0.3 is 20.1 Å². The van der Waals surface area contributed by atoms with Gasteiger partial charge in [-0.1, -0.05) is 24.3 Å². The predicted octanol–water partition coefficient (Wildman–Crippen LogP) is 2.95. The van der Waals surface area contributed by atoms with E-state index in [4.69, 9.17) is 9.47 Å². The van der Waals surface area contributed by atoms with Crippen molar-refractivity contribution in [1.29, 1.82) is 0 Å². The van der Waals surface area contributed by atoms with Crippen LogP contribution in [0.1, 0.15) is 41.8 Å². The number of hydrogen-bond acceptors (Lipinski definition) is 4. The smallest absolute Gasteiger partial charge is 0.191 e. The van der Waals surface area contributed by atoms with Gasteiger partial charge in [0.25, 0.3) is 0 Å². The van der Waals surface area contributed by atoms with Gasteiger partial charge in [0.05, 0.1) is 18.4 Å². The van der Waals surface area contributed by atoms with E-state index < -0.39 is 0 Å². The molecule has 0 spiro atoms. The maximum Gasteiger partial charge on any atom is 0.191 e. The molecule has 0 amide bonds. The Bertz CT molecular complexity index is 812. The number of nitrogens with one attached hydrogen (secondary N) is 2. The molecule has 0 atom stereocenters. The Morgan fingerprint density at radius 1 is 1.20 bits per heavy atom. The zero-order valence-corrected chi connectivity index (χ0v) is 18.5. The fraction of sp³-hybridized carbons (Fsp3) is 0.565. The van der Waals surface area contributed by atoms with Crippen molar-refractivity contribution in [3.8, 4) is 0 Å². The SMILES string of the molecule is CN=C(NCCCn1nc(C)cc1C)NCc1cccc(COC2CCOCC2)c1. The van der Waals surface area contributed by atoms with Crippen LogP contribution in [0.3, 0.4) is 0 Å². The number of aromatic nitrogens is 2. The average Bonchev–Trinajstić information content (AvgIpc) is 3.09. The number of guanidine groups is 1. The standard InChI is InChI=1S/C23H35N5O2/c1-18-14-19(2)28(27-18)11-5-10-25-23(24-3)26-16-20-6-4-7-21(15-20)17-30-22-8-12-29-13-9-22/h4,6-7,14-15,22H,5,8-13,16-17H2,1-3H3,(H2,24,25,26). The van der Waals surface area contributed by atoms with E-state index in [1.54, 1.807) is 7.05 Å². The van der Waals surface area contributed by atoms with Crippen molar-refractivity contribution < 1.29 is 9.47 Å². The van der Waals surface area contributed by atoms with Gasteiger partial charge in [-0.2, -0.15) is 5.10 Å². The summed E-state index contributed by atoms with van der Waals surface area (Å²) in [5.74, 6) is 0.812.